The molecule has 2 heterocycles. The first-order valence-electron chi connectivity index (χ1n) is 9.20. The third kappa shape index (κ3) is 5.64. The second kappa shape index (κ2) is 9.51. The van der Waals surface area contributed by atoms with E-state index >= 15 is 0 Å². The van der Waals surface area contributed by atoms with Gasteiger partial charge in [-0.3, -0.25) is 9.48 Å². The minimum atomic E-state index is -0.317. The van der Waals surface area contributed by atoms with Gasteiger partial charge in [0.1, 0.15) is 18.2 Å². The van der Waals surface area contributed by atoms with Crippen LogP contribution in [0.1, 0.15) is 20.8 Å². The Morgan fingerprint density at radius 1 is 1.10 bits per heavy atom. The van der Waals surface area contributed by atoms with E-state index in [-0.39, 0.29) is 18.3 Å². The summed E-state index contributed by atoms with van der Waals surface area (Å²) in [5, 5.41) is 9.94. The Hall–Kier alpha value is -2.87. The summed E-state index contributed by atoms with van der Waals surface area (Å²) < 4.78 is 20.3. The van der Waals surface area contributed by atoms with Crippen molar-refractivity contribution < 1.29 is 13.9 Å². The first-order chi connectivity index (χ1) is 15.0. The van der Waals surface area contributed by atoms with Gasteiger partial charge in [0.2, 0.25) is 0 Å². The number of rotatable bonds is 7. The topological polar surface area (TPSA) is 56.2 Å². The van der Waals surface area contributed by atoms with Gasteiger partial charge >= 0.3 is 0 Å². The molecule has 0 aliphatic heterocycles. The Balaban J connectivity index is 1.33. The van der Waals surface area contributed by atoms with Gasteiger partial charge in [-0.1, -0.05) is 29.3 Å². The summed E-state index contributed by atoms with van der Waals surface area (Å²) in [6, 6.07) is 13.0. The number of ether oxygens (including phenoxy) is 1. The number of amides is 1. The van der Waals surface area contributed by atoms with Crippen LogP contribution in [-0.2, 0) is 13.2 Å². The summed E-state index contributed by atoms with van der Waals surface area (Å²) in [5.74, 6) is 0.0160. The predicted octanol–water partition coefficient (Wildman–Crippen LogP) is 6.27. The smallest absolute Gasteiger partial charge is 0.265 e. The van der Waals surface area contributed by atoms with Crippen molar-refractivity contribution in [3.63, 3.8) is 0 Å². The number of halogens is 3. The van der Waals surface area contributed by atoms with Crippen LogP contribution in [0, 0.1) is 5.82 Å². The Labute approximate surface area is 192 Å². The zero-order valence-corrected chi connectivity index (χ0v) is 18.3. The second-order valence-corrected chi connectivity index (χ2v) is 8.42. The molecule has 0 radical (unpaired) electrons. The van der Waals surface area contributed by atoms with E-state index in [0.717, 1.165) is 11.1 Å². The van der Waals surface area contributed by atoms with Crippen LogP contribution < -0.4 is 10.1 Å². The fourth-order valence-corrected chi connectivity index (χ4v) is 3.91. The summed E-state index contributed by atoms with van der Waals surface area (Å²) in [7, 11) is 0. The van der Waals surface area contributed by atoms with Crippen LogP contribution in [0.15, 0.2) is 66.3 Å². The Bertz CT molecular complexity index is 1210. The van der Waals surface area contributed by atoms with Crippen LogP contribution in [0.3, 0.4) is 0 Å². The number of aromatic nitrogens is 2. The molecule has 0 aliphatic carbocycles. The number of hydrogen-bond acceptors (Lipinski definition) is 4. The summed E-state index contributed by atoms with van der Waals surface area (Å²) in [4.78, 5) is 13.1. The number of carbonyl (C=O) groups is 1. The number of thiophene rings is 1. The Kier molecular flexibility index (Phi) is 6.56. The van der Waals surface area contributed by atoms with E-state index in [2.05, 4.69) is 10.4 Å². The largest absolute Gasteiger partial charge is 0.489 e. The molecule has 0 fully saturated rings. The average molecular weight is 476 g/mol. The monoisotopic (exact) mass is 475 g/mol. The van der Waals surface area contributed by atoms with Gasteiger partial charge in [-0.25, -0.2) is 4.39 Å². The van der Waals surface area contributed by atoms with Crippen molar-refractivity contribution in [1.82, 2.24) is 9.78 Å². The van der Waals surface area contributed by atoms with Gasteiger partial charge in [0.15, 0.2) is 0 Å². The Morgan fingerprint density at radius 2 is 1.90 bits per heavy atom. The molecular weight excluding hydrogens is 460 g/mol. The standard InChI is InChI=1S/C22H16Cl2FN3O2S/c23-19-6-1-14(7-20(19)24)10-28-11-17(9-26-28)27-22(29)21-8-15(13-31-21)12-30-18-4-2-16(25)3-5-18/h1-9,11,13H,10,12H2,(H,27,29). The van der Waals surface area contributed by atoms with Crippen LogP contribution in [-0.4, -0.2) is 15.7 Å². The van der Waals surface area contributed by atoms with Crippen LogP contribution >= 0.6 is 34.5 Å². The zero-order chi connectivity index (χ0) is 21.8. The SMILES string of the molecule is O=C(Nc1cnn(Cc2ccc(Cl)c(Cl)c2)c1)c1cc(COc2ccc(F)cc2)cs1. The van der Waals surface area contributed by atoms with Crippen molar-refractivity contribution in [2.45, 2.75) is 13.2 Å². The average Bonchev–Trinajstić information content (AvgIpc) is 3.40. The molecule has 9 heteroatoms. The number of nitrogens with one attached hydrogen (secondary N) is 1. The molecule has 158 valence electrons. The maximum absolute atomic E-state index is 12.9. The summed E-state index contributed by atoms with van der Waals surface area (Å²) in [6.45, 7) is 0.785. The van der Waals surface area contributed by atoms with E-state index in [9.17, 15) is 9.18 Å². The normalized spacial score (nSPS) is 10.8. The van der Waals surface area contributed by atoms with Gasteiger partial charge in [0.25, 0.3) is 5.91 Å². The molecule has 4 aromatic rings. The molecule has 2 aromatic heterocycles. The van der Waals surface area contributed by atoms with E-state index in [1.165, 1.54) is 23.5 Å². The van der Waals surface area contributed by atoms with E-state index in [0.29, 0.717) is 32.9 Å². The van der Waals surface area contributed by atoms with Crippen molar-refractivity contribution in [1.29, 1.82) is 0 Å². The minimum Gasteiger partial charge on any atom is -0.489 e. The van der Waals surface area contributed by atoms with Gasteiger partial charge in [-0.15, -0.1) is 11.3 Å². The summed E-state index contributed by atoms with van der Waals surface area (Å²) in [5.41, 5.74) is 2.39. The van der Waals surface area contributed by atoms with Crippen molar-refractivity contribution in [2.24, 2.45) is 0 Å². The van der Waals surface area contributed by atoms with Crippen molar-refractivity contribution in [2.75, 3.05) is 5.32 Å². The second-order valence-electron chi connectivity index (χ2n) is 6.69. The number of carbonyl (C=O) groups excluding carboxylic acids is 1. The number of benzene rings is 2. The molecule has 31 heavy (non-hydrogen) atoms. The number of anilines is 1. The fourth-order valence-electron chi connectivity index (χ4n) is 2.80. The van der Waals surface area contributed by atoms with E-state index in [1.807, 2.05) is 11.4 Å². The first-order valence-corrected chi connectivity index (χ1v) is 10.8. The fraction of sp³-hybridized carbons (Fsp3) is 0.0909. The molecule has 1 N–H and O–H groups in total. The highest BCUT2D eigenvalue weighted by Gasteiger charge is 2.11. The van der Waals surface area contributed by atoms with Crippen LogP contribution in [0.25, 0.3) is 0 Å². The molecule has 1 amide bonds. The molecule has 0 spiro atoms. The van der Waals surface area contributed by atoms with Crippen molar-refractivity contribution in [3.8, 4) is 5.75 Å². The molecular formula is C22H16Cl2FN3O2S. The lowest BCUT2D eigenvalue weighted by Gasteiger charge is -2.04. The summed E-state index contributed by atoms with van der Waals surface area (Å²) >= 11 is 13.3. The maximum Gasteiger partial charge on any atom is 0.265 e. The molecule has 5 nitrogen and oxygen atoms in total. The van der Waals surface area contributed by atoms with Gasteiger partial charge in [0.05, 0.1) is 33.4 Å². The van der Waals surface area contributed by atoms with E-state index in [1.54, 1.807) is 47.4 Å². The highest BCUT2D eigenvalue weighted by atomic mass is 35.5. The van der Waals surface area contributed by atoms with Crippen LogP contribution in [0.2, 0.25) is 10.0 Å². The van der Waals surface area contributed by atoms with Crippen molar-refractivity contribution >= 4 is 46.1 Å². The molecule has 0 unspecified atom stereocenters. The van der Waals surface area contributed by atoms with Gasteiger partial charge in [-0.05, 0) is 53.4 Å². The highest BCUT2D eigenvalue weighted by Crippen LogP contribution is 2.23. The van der Waals surface area contributed by atoms with Gasteiger partial charge in [0, 0.05) is 11.8 Å². The highest BCUT2D eigenvalue weighted by molar-refractivity contribution is 7.12. The van der Waals surface area contributed by atoms with Crippen LogP contribution in [0.5, 0.6) is 5.75 Å². The lowest BCUT2D eigenvalue weighted by atomic mass is 10.2. The minimum absolute atomic E-state index is 0.230. The molecule has 0 atom stereocenters. The lowest BCUT2D eigenvalue weighted by Crippen LogP contribution is -2.09. The maximum atomic E-state index is 12.9. The van der Waals surface area contributed by atoms with Gasteiger partial charge in [-0.2, -0.15) is 5.10 Å². The number of nitrogens with zero attached hydrogens (tertiary/aromatic N) is 2. The Morgan fingerprint density at radius 3 is 2.68 bits per heavy atom. The lowest BCUT2D eigenvalue weighted by molar-refractivity contribution is 0.103. The molecule has 0 saturated heterocycles. The van der Waals surface area contributed by atoms with E-state index < -0.39 is 0 Å². The van der Waals surface area contributed by atoms with Crippen molar-refractivity contribution in [3.05, 3.63) is 98.2 Å². The molecule has 2 aromatic carbocycles. The molecule has 0 bridgehead atoms. The first kappa shape index (κ1) is 21.4. The molecule has 0 aliphatic rings. The molecule has 4 rings (SSSR count). The van der Waals surface area contributed by atoms with Crippen LogP contribution in [0.4, 0.5) is 10.1 Å². The third-order valence-corrected chi connectivity index (χ3v) is 6.03. The number of hydrogen-bond donors (Lipinski definition) is 1. The quantitative estimate of drug-likeness (QED) is 0.342. The van der Waals surface area contributed by atoms with Gasteiger partial charge < -0.3 is 10.1 Å². The zero-order valence-electron chi connectivity index (χ0n) is 16.0. The summed E-state index contributed by atoms with van der Waals surface area (Å²) in [6.07, 6.45) is 3.33. The van der Waals surface area contributed by atoms with E-state index in [4.69, 9.17) is 27.9 Å². The predicted molar refractivity (Wildman–Crippen MR) is 121 cm³/mol. The molecule has 0 saturated carbocycles. The third-order valence-electron chi connectivity index (χ3n) is 4.32.